The van der Waals surface area contributed by atoms with Gasteiger partial charge in [0.05, 0.1) is 0 Å². The zero-order valence-electron chi connectivity index (χ0n) is 11.7. The van der Waals surface area contributed by atoms with Gasteiger partial charge in [0.2, 0.25) is 6.79 Å². The fraction of sp³-hybridized carbons (Fsp3) is 0.600. The molecule has 1 aliphatic heterocycles. The van der Waals surface area contributed by atoms with Crippen LogP contribution in [0.5, 0.6) is 11.5 Å². The normalized spacial score (nSPS) is 16.9. The lowest BCUT2D eigenvalue weighted by Gasteiger charge is -2.20. The lowest BCUT2D eigenvalue weighted by molar-refractivity contribution is 0.174. The number of fused-ring (bicyclic) bond motifs is 1. The van der Waals surface area contributed by atoms with E-state index in [-0.39, 0.29) is 0 Å². The monoisotopic (exact) mass is 249 g/mol. The molecule has 100 valence electrons. The van der Waals surface area contributed by atoms with E-state index >= 15 is 0 Å². The Morgan fingerprint density at radius 1 is 1.11 bits per heavy atom. The third-order valence-corrected chi connectivity index (χ3v) is 3.78. The SMILES string of the molecule is CC(NCC(C)C(C)C)c1ccc2c(c1)OCO2. The maximum atomic E-state index is 5.40. The highest BCUT2D eigenvalue weighted by Gasteiger charge is 2.16. The Bertz CT molecular complexity index is 403. The summed E-state index contributed by atoms with van der Waals surface area (Å²) in [6.07, 6.45) is 0. The zero-order valence-corrected chi connectivity index (χ0v) is 11.7. The minimum atomic E-state index is 0.334. The van der Waals surface area contributed by atoms with Crippen molar-refractivity contribution in [1.82, 2.24) is 5.32 Å². The first-order chi connectivity index (χ1) is 8.58. The smallest absolute Gasteiger partial charge is 0.231 e. The van der Waals surface area contributed by atoms with Crippen molar-refractivity contribution in [2.24, 2.45) is 11.8 Å². The number of hydrogen-bond acceptors (Lipinski definition) is 3. The minimum Gasteiger partial charge on any atom is -0.454 e. The molecular weight excluding hydrogens is 226 g/mol. The molecule has 0 amide bonds. The predicted octanol–water partition coefficient (Wildman–Crippen LogP) is 3.36. The summed E-state index contributed by atoms with van der Waals surface area (Å²) >= 11 is 0. The van der Waals surface area contributed by atoms with Crippen molar-refractivity contribution in [3.63, 3.8) is 0 Å². The minimum absolute atomic E-state index is 0.334. The molecule has 0 aromatic heterocycles. The summed E-state index contributed by atoms with van der Waals surface area (Å²) in [7, 11) is 0. The van der Waals surface area contributed by atoms with Gasteiger partial charge in [0, 0.05) is 6.04 Å². The molecular formula is C15H23NO2. The van der Waals surface area contributed by atoms with Crippen molar-refractivity contribution in [3.05, 3.63) is 23.8 Å². The lowest BCUT2D eigenvalue weighted by Crippen LogP contribution is -2.26. The topological polar surface area (TPSA) is 30.5 Å². The number of nitrogens with one attached hydrogen (secondary N) is 1. The van der Waals surface area contributed by atoms with Crippen LogP contribution in [0.25, 0.3) is 0 Å². The predicted molar refractivity (Wildman–Crippen MR) is 73.0 cm³/mol. The van der Waals surface area contributed by atoms with Crippen LogP contribution in [0.2, 0.25) is 0 Å². The van der Waals surface area contributed by atoms with Crippen molar-refractivity contribution in [2.75, 3.05) is 13.3 Å². The molecule has 2 rings (SSSR count). The Kier molecular flexibility index (Phi) is 4.12. The fourth-order valence-corrected chi connectivity index (χ4v) is 1.90. The molecule has 1 N–H and O–H groups in total. The Morgan fingerprint density at radius 2 is 1.83 bits per heavy atom. The van der Waals surface area contributed by atoms with Gasteiger partial charge in [-0.15, -0.1) is 0 Å². The maximum absolute atomic E-state index is 5.40. The van der Waals surface area contributed by atoms with Crippen LogP contribution in [0.15, 0.2) is 18.2 Å². The maximum Gasteiger partial charge on any atom is 0.231 e. The summed E-state index contributed by atoms with van der Waals surface area (Å²) in [4.78, 5) is 0. The van der Waals surface area contributed by atoms with E-state index in [1.165, 1.54) is 5.56 Å². The molecule has 0 fully saturated rings. The van der Waals surface area contributed by atoms with E-state index in [0.29, 0.717) is 24.7 Å². The third kappa shape index (κ3) is 2.96. The lowest BCUT2D eigenvalue weighted by atomic mass is 9.97. The molecule has 1 heterocycles. The van der Waals surface area contributed by atoms with Gasteiger partial charge >= 0.3 is 0 Å². The molecule has 3 heteroatoms. The first-order valence-electron chi connectivity index (χ1n) is 6.71. The summed E-state index contributed by atoms with van der Waals surface area (Å²) in [5, 5.41) is 3.57. The van der Waals surface area contributed by atoms with Crippen LogP contribution in [-0.4, -0.2) is 13.3 Å². The summed E-state index contributed by atoms with van der Waals surface area (Å²) in [5.74, 6) is 3.10. The van der Waals surface area contributed by atoms with E-state index in [9.17, 15) is 0 Å². The molecule has 0 saturated carbocycles. The number of rotatable bonds is 5. The van der Waals surface area contributed by atoms with Gasteiger partial charge in [-0.2, -0.15) is 0 Å². The highest BCUT2D eigenvalue weighted by molar-refractivity contribution is 5.45. The van der Waals surface area contributed by atoms with Gasteiger partial charge < -0.3 is 14.8 Å². The van der Waals surface area contributed by atoms with E-state index in [0.717, 1.165) is 18.0 Å². The molecule has 0 spiro atoms. The molecule has 0 saturated heterocycles. The van der Waals surface area contributed by atoms with Crippen LogP contribution in [0, 0.1) is 11.8 Å². The second-order valence-electron chi connectivity index (χ2n) is 5.46. The average Bonchev–Trinajstić information content (AvgIpc) is 2.82. The van der Waals surface area contributed by atoms with Gasteiger partial charge in [-0.1, -0.05) is 26.8 Å². The average molecular weight is 249 g/mol. The highest BCUT2D eigenvalue weighted by Crippen LogP contribution is 2.34. The van der Waals surface area contributed by atoms with Crippen LogP contribution in [-0.2, 0) is 0 Å². The largest absolute Gasteiger partial charge is 0.454 e. The molecule has 2 atom stereocenters. The van der Waals surface area contributed by atoms with Gasteiger partial charge in [-0.25, -0.2) is 0 Å². The van der Waals surface area contributed by atoms with E-state index in [2.05, 4.69) is 45.1 Å². The van der Waals surface area contributed by atoms with Crippen LogP contribution >= 0.6 is 0 Å². The van der Waals surface area contributed by atoms with E-state index in [1.54, 1.807) is 0 Å². The summed E-state index contributed by atoms with van der Waals surface area (Å²) in [6.45, 7) is 10.4. The van der Waals surface area contributed by atoms with E-state index in [4.69, 9.17) is 9.47 Å². The van der Waals surface area contributed by atoms with Crippen molar-refractivity contribution in [2.45, 2.75) is 33.7 Å². The standard InChI is InChI=1S/C15H23NO2/c1-10(2)11(3)8-16-12(4)13-5-6-14-15(7-13)18-9-17-14/h5-7,10-12,16H,8-9H2,1-4H3. The molecule has 2 unspecified atom stereocenters. The number of hydrogen-bond donors (Lipinski definition) is 1. The van der Waals surface area contributed by atoms with Crippen molar-refractivity contribution in [3.8, 4) is 11.5 Å². The van der Waals surface area contributed by atoms with Crippen LogP contribution < -0.4 is 14.8 Å². The van der Waals surface area contributed by atoms with Gasteiger partial charge in [0.15, 0.2) is 11.5 Å². The second-order valence-corrected chi connectivity index (χ2v) is 5.46. The molecule has 1 aliphatic rings. The van der Waals surface area contributed by atoms with Crippen LogP contribution in [0.1, 0.15) is 39.3 Å². The van der Waals surface area contributed by atoms with Crippen molar-refractivity contribution >= 4 is 0 Å². The molecule has 0 radical (unpaired) electrons. The first kappa shape index (κ1) is 13.2. The van der Waals surface area contributed by atoms with E-state index in [1.807, 2.05) is 6.07 Å². The Balaban J connectivity index is 1.95. The quantitative estimate of drug-likeness (QED) is 0.868. The Morgan fingerprint density at radius 3 is 2.56 bits per heavy atom. The van der Waals surface area contributed by atoms with E-state index < -0.39 is 0 Å². The second kappa shape index (κ2) is 5.61. The van der Waals surface area contributed by atoms with Crippen LogP contribution in [0.3, 0.4) is 0 Å². The first-order valence-corrected chi connectivity index (χ1v) is 6.71. The molecule has 1 aromatic carbocycles. The van der Waals surface area contributed by atoms with Gasteiger partial charge in [-0.3, -0.25) is 0 Å². The van der Waals surface area contributed by atoms with Gasteiger partial charge in [0.25, 0.3) is 0 Å². The number of benzene rings is 1. The summed E-state index contributed by atoms with van der Waals surface area (Å²) in [6, 6.07) is 6.49. The zero-order chi connectivity index (χ0) is 13.1. The molecule has 3 nitrogen and oxygen atoms in total. The molecule has 0 bridgehead atoms. The third-order valence-electron chi connectivity index (χ3n) is 3.78. The summed E-state index contributed by atoms with van der Waals surface area (Å²) < 4.78 is 10.7. The van der Waals surface area contributed by atoms with Gasteiger partial charge in [-0.05, 0) is 43.0 Å². The van der Waals surface area contributed by atoms with Crippen molar-refractivity contribution in [1.29, 1.82) is 0 Å². The summed E-state index contributed by atoms with van der Waals surface area (Å²) in [5.41, 5.74) is 1.25. The highest BCUT2D eigenvalue weighted by atomic mass is 16.7. The van der Waals surface area contributed by atoms with Gasteiger partial charge in [0.1, 0.15) is 0 Å². The fourth-order valence-electron chi connectivity index (χ4n) is 1.90. The molecule has 0 aliphatic carbocycles. The Labute approximate surface area is 109 Å². The van der Waals surface area contributed by atoms with Crippen LogP contribution in [0.4, 0.5) is 0 Å². The molecule has 18 heavy (non-hydrogen) atoms. The number of ether oxygens (including phenoxy) is 2. The molecule has 1 aromatic rings. The van der Waals surface area contributed by atoms with Crippen molar-refractivity contribution < 1.29 is 9.47 Å². The Hall–Kier alpha value is -1.22.